The summed E-state index contributed by atoms with van der Waals surface area (Å²) in [5.74, 6) is -0.871. The van der Waals surface area contributed by atoms with Gasteiger partial charge in [0.05, 0.1) is 5.56 Å². The molecule has 0 unspecified atom stereocenters. The first-order chi connectivity index (χ1) is 13.5. The fourth-order valence-electron chi connectivity index (χ4n) is 2.19. The Morgan fingerprint density at radius 1 is 1.04 bits per heavy atom. The van der Waals surface area contributed by atoms with Gasteiger partial charge in [-0.15, -0.1) is 0 Å². The third-order valence-electron chi connectivity index (χ3n) is 3.90. The van der Waals surface area contributed by atoms with E-state index in [-0.39, 0.29) is 11.6 Å². The van der Waals surface area contributed by atoms with E-state index in [0.29, 0.717) is 12.4 Å². The van der Waals surface area contributed by atoms with Crippen molar-refractivity contribution in [1.29, 1.82) is 0 Å². The van der Waals surface area contributed by atoms with E-state index in [9.17, 15) is 14.4 Å². The summed E-state index contributed by atoms with van der Waals surface area (Å²) < 4.78 is 10.6. The number of hydrogen-bond acceptors (Lipinski definition) is 5. The van der Waals surface area contributed by atoms with Crippen LogP contribution in [0.1, 0.15) is 36.2 Å². The molecule has 3 amide bonds. The maximum Gasteiger partial charge on any atom is 0.338 e. The summed E-state index contributed by atoms with van der Waals surface area (Å²) in [7, 11) is 0. The second-order valence-corrected chi connectivity index (χ2v) is 6.21. The number of urea groups is 1. The molecule has 0 aliphatic heterocycles. The van der Waals surface area contributed by atoms with Crippen molar-refractivity contribution in [3.63, 3.8) is 0 Å². The number of ether oxygens (including phenoxy) is 2. The maximum absolute atomic E-state index is 12.1. The number of imide groups is 1. The largest absolute Gasteiger partial charge is 0.489 e. The van der Waals surface area contributed by atoms with E-state index in [4.69, 9.17) is 9.47 Å². The molecule has 0 heterocycles. The second-order valence-electron chi connectivity index (χ2n) is 6.21. The zero-order chi connectivity index (χ0) is 20.4. The molecule has 7 heteroatoms. The van der Waals surface area contributed by atoms with E-state index in [2.05, 4.69) is 10.6 Å². The molecule has 0 saturated heterocycles. The fourth-order valence-corrected chi connectivity index (χ4v) is 2.19. The molecule has 148 valence electrons. The number of benzene rings is 2. The highest BCUT2D eigenvalue weighted by Gasteiger charge is 2.14. The van der Waals surface area contributed by atoms with Gasteiger partial charge in [0.1, 0.15) is 12.4 Å². The van der Waals surface area contributed by atoms with Gasteiger partial charge in [0.25, 0.3) is 5.91 Å². The maximum atomic E-state index is 12.1. The molecular formula is C21H24N2O5. The first kappa shape index (κ1) is 21.0. The summed E-state index contributed by atoms with van der Waals surface area (Å²) in [4.78, 5) is 35.4. The molecule has 28 heavy (non-hydrogen) atoms. The Kier molecular flexibility index (Phi) is 8.02. The molecule has 2 rings (SSSR count). The van der Waals surface area contributed by atoms with Gasteiger partial charge in [-0.2, -0.15) is 0 Å². The molecule has 1 atom stereocenters. The normalized spacial score (nSPS) is 11.2. The highest BCUT2D eigenvalue weighted by Crippen LogP contribution is 2.16. The summed E-state index contributed by atoms with van der Waals surface area (Å²) in [5.41, 5.74) is 1.25. The first-order valence-corrected chi connectivity index (χ1v) is 9.02. The molecule has 2 aromatic rings. The number of esters is 1. The molecule has 0 saturated carbocycles. The van der Waals surface area contributed by atoms with Gasteiger partial charge in [0, 0.05) is 6.04 Å². The van der Waals surface area contributed by atoms with Crippen LogP contribution in [0.2, 0.25) is 0 Å². The van der Waals surface area contributed by atoms with Crippen LogP contribution in [0.5, 0.6) is 5.75 Å². The molecule has 0 fully saturated rings. The van der Waals surface area contributed by atoms with E-state index >= 15 is 0 Å². The number of amides is 3. The molecule has 7 nitrogen and oxygen atoms in total. The lowest BCUT2D eigenvalue weighted by Crippen LogP contribution is -2.44. The Bertz CT molecular complexity index is 807. The third kappa shape index (κ3) is 7.11. The Balaban J connectivity index is 1.82. The Morgan fingerprint density at radius 3 is 2.50 bits per heavy atom. The Morgan fingerprint density at radius 2 is 1.79 bits per heavy atom. The van der Waals surface area contributed by atoms with Crippen molar-refractivity contribution in [3.05, 3.63) is 65.7 Å². The van der Waals surface area contributed by atoms with E-state index in [1.165, 1.54) is 0 Å². The number of carbonyl (C=O) groups is 3. The third-order valence-corrected chi connectivity index (χ3v) is 3.90. The van der Waals surface area contributed by atoms with Gasteiger partial charge in [-0.05, 0) is 37.1 Å². The van der Waals surface area contributed by atoms with Crippen LogP contribution in [-0.2, 0) is 16.1 Å². The van der Waals surface area contributed by atoms with E-state index < -0.39 is 24.5 Å². The zero-order valence-corrected chi connectivity index (χ0v) is 15.9. The van der Waals surface area contributed by atoms with Crippen LogP contribution in [0.15, 0.2) is 54.6 Å². The van der Waals surface area contributed by atoms with E-state index in [0.717, 1.165) is 12.0 Å². The smallest absolute Gasteiger partial charge is 0.338 e. The Hall–Kier alpha value is -3.35. The molecule has 0 bridgehead atoms. The van der Waals surface area contributed by atoms with Crippen molar-refractivity contribution >= 4 is 17.9 Å². The molecule has 0 spiro atoms. The molecule has 2 aromatic carbocycles. The summed E-state index contributed by atoms with van der Waals surface area (Å²) in [6, 6.07) is 15.4. The molecule has 0 aliphatic carbocycles. The quantitative estimate of drug-likeness (QED) is 0.682. The molecule has 0 radical (unpaired) electrons. The summed E-state index contributed by atoms with van der Waals surface area (Å²) in [6.45, 7) is 3.54. The van der Waals surface area contributed by atoms with E-state index in [1.807, 2.05) is 44.2 Å². The van der Waals surface area contributed by atoms with Crippen LogP contribution in [0.4, 0.5) is 4.79 Å². The van der Waals surface area contributed by atoms with Gasteiger partial charge in [0.15, 0.2) is 6.61 Å². The van der Waals surface area contributed by atoms with Gasteiger partial charge in [-0.25, -0.2) is 9.59 Å². The minimum absolute atomic E-state index is 0.0611. The van der Waals surface area contributed by atoms with Crippen molar-refractivity contribution in [3.8, 4) is 5.75 Å². The molecular weight excluding hydrogens is 360 g/mol. The van der Waals surface area contributed by atoms with Crippen LogP contribution in [-0.4, -0.2) is 30.6 Å². The van der Waals surface area contributed by atoms with Crippen molar-refractivity contribution in [2.75, 3.05) is 6.61 Å². The second kappa shape index (κ2) is 10.7. The highest BCUT2D eigenvalue weighted by molar-refractivity contribution is 5.97. The van der Waals surface area contributed by atoms with Crippen LogP contribution in [0.3, 0.4) is 0 Å². The van der Waals surface area contributed by atoms with Crippen LogP contribution >= 0.6 is 0 Å². The number of hydrogen-bond donors (Lipinski definition) is 2. The molecule has 0 aliphatic rings. The number of nitrogens with one attached hydrogen (secondary N) is 2. The van der Waals surface area contributed by atoms with Crippen molar-refractivity contribution < 1.29 is 23.9 Å². The zero-order valence-electron chi connectivity index (χ0n) is 15.9. The minimum atomic E-state index is -0.703. The lowest BCUT2D eigenvalue weighted by Gasteiger charge is -2.12. The van der Waals surface area contributed by atoms with Crippen LogP contribution < -0.4 is 15.4 Å². The van der Waals surface area contributed by atoms with Crippen LogP contribution in [0.25, 0.3) is 0 Å². The van der Waals surface area contributed by atoms with E-state index in [1.54, 1.807) is 24.3 Å². The predicted octanol–water partition coefficient (Wildman–Crippen LogP) is 3.05. The summed E-state index contributed by atoms with van der Waals surface area (Å²) in [6.07, 6.45) is 0.735. The van der Waals surface area contributed by atoms with Crippen molar-refractivity contribution in [2.24, 2.45) is 0 Å². The van der Waals surface area contributed by atoms with Gasteiger partial charge in [-0.3, -0.25) is 10.1 Å². The van der Waals surface area contributed by atoms with Crippen LogP contribution in [0, 0.1) is 0 Å². The number of carbonyl (C=O) groups excluding carboxylic acids is 3. The van der Waals surface area contributed by atoms with Gasteiger partial charge < -0.3 is 14.8 Å². The lowest BCUT2D eigenvalue weighted by molar-refractivity contribution is -0.123. The standard InChI is InChI=1S/C21H24N2O5/c1-3-15(2)22-21(26)23-19(24)14-28-20(25)17-10-7-11-18(12-17)27-13-16-8-5-4-6-9-16/h4-12,15H,3,13-14H2,1-2H3,(H2,22,23,24,26)/t15-/m0/s1. The molecule has 0 aromatic heterocycles. The van der Waals surface area contributed by atoms with Gasteiger partial charge >= 0.3 is 12.0 Å². The fraction of sp³-hybridized carbons (Fsp3) is 0.286. The predicted molar refractivity (Wildman–Crippen MR) is 104 cm³/mol. The Labute approximate surface area is 164 Å². The SMILES string of the molecule is CC[C@H](C)NC(=O)NC(=O)COC(=O)c1cccc(OCc2ccccc2)c1. The number of rotatable bonds is 8. The highest BCUT2D eigenvalue weighted by atomic mass is 16.5. The summed E-state index contributed by atoms with van der Waals surface area (Å²) in [5, 5.41) is 4.70. The first-order valence-electron chi connectivity index (χ1n) is 9.02. The van der Waals surface area contributed by atoms with Crippen molar-refractivity contribution in [2.45, 2.75) is 32.9 Å². The lowest BCUT2D eigenvalue weighted by atomic mass is 10.2. The average Bonchev–Trinajstić information content (AvgIpc) is 2.71. The van der Waals surface area contributed by atoms with Crippen molar-refractivity contribution in [1.82, 2.24) is 10.6 Å². The monoisotopic (exact) mass is 384 g/mol. The van der Waals surface area contributed by atoms with Gasteiger partial charge in [0.2, 0.25) is 0 Å². The summed E-state index contributed by atoms with van der Waals surface area (Å²) >= 11 is 0. The topological polar surface area (TPSA) is 93.7 Å². The average molecular weight is 384 g/mol. The molecule has 2 N–H and O–H groups in total. The van der Waals surface area contributed by atoms with Gasteiger partial charge in [-0.1, -0.05) is 43.3 Å². The minimum Gasteiger partial charge on any atom is -0.489 e.